The Hall–Kier alpha value is -4.46. The molecule has 1 amide bonds. The van der Waals surface area contributed by atoms with Crippen LogP contribution in [0, 0.1) is 0 Å². The van der Waals surface area contributed by atoms with Crippen LogP contribution >= 0.6 is 0 Å². The normalized spacial score (nSPS) is 17.9. The Bertz CT molecular complexity index is 1350. The van der Waals surface area contributed by atoms with Gasteiger partial charge in [-0.05, 0) is 74.0 Å². The molecule has 1 saturated heterocycles. The minimum absolute atomic E-state index is 0.0265. The first kappa shape index (κ1) is 23.3. The van der Waals surface area contributed by atoms with Gasteiger partial charge < -0.3 is 24.1 Å². The van der Waals surface area contributed by atoms with E-state index in [1.54, 1.807) is 66.7 Å². The first-order chi connectivity index (χ1) is 17.5. The highest BCUT2D eigenvalue weighted by molar-refractivity contribution is 6.51. The molecule has 5 rings (SSSR count). The molecule has 184 valence electrons. The average Bonchev–Trinajstić information content (AvgIpc) is 3.47. The molecular formula is C28H25NO7. The topological polar surface area (TPSA) is 94.5 Å². The second-order valence-electron chi connectivity index (χ2n) is 8.17. The second kappa shape index (κ2) is 9.65. The predicted molar refractivity (Wildman–Crippen MR) is 133 cm³/mol. The van der Waals surface area contributed by atoms with E-state index in [2.05, 4.69) is 0 Å². The number of aliphatic hydroxyl groups is 1. The fourth-order valence-electron chi connectivity index (χ4n) is 4.42. The fourth-order valence-corrected chi connectivity index (χ4v) is 4.42. The van der Waals surface area contributed by atoms with Gasteiger partial charge in [0, 0.05) is 11.3 Å². The molecule has 0 bridgehead atoms. The molecule has 2 aliphatic rings. The quantitative estimate of drug-likeness (QED) is 0.290. The van der Waals surface area contributed by atoms with Crippen molar-refractivity contribution in [3.63, 3.8) is 0 Å². The van der Waals surface area contributed by atoms with Crippen LogP contribution in [-0.4, -0.2) is 36.8 Å². The number of ketones is 1. The van der Waals surface area contributed by atoms with Crippen LogP contribution in [0.4, 0.5) is 5.69 Å². The predicted octanol–water partition coefficient (Wildman–Crippen LogP) is 4.84. The fraction of sp³-hybridized carbons (Fsp3) is 0.214. The van der Waals surface area contributed by atoms with Crippen molar-refractivity contribution in [3.05, 3.63) is 83.4 Å². The number of nitrogens with zero attached hydrogens (tertiary/aromatic N) is 1. The van der Waals surface area contributed by atoms with E-state index < -0.39 is 17.7 Å². The summed E-state index contributed by atoms with van der Waals surface area (Å²) in [5.74, 6) is 0.409. The van der Waals surface area contributed by atoms with Crippen LogP contribution in [0.3, 0.4) is 0 Å². The number of fused-ring (bicyclic) bond motifs is 1. The van der Waals surface area contributed by atoms with Gasteiger partial charge in [-0.25, -0.2) is 0 Å². The van der Waals surface area contributed by atoms with Gasteiger partial charge in [-0.2, -0.15) is 0 Å². The summed E-state index contributed by atoms with van der Waals surface area (Å²) < 4.78 is 22.0. The summed E-state index contributed by atoms with van der Waals surface area (Å²) in [6.07, 6.45) is 0. The number of Topliss-reactive ketones (excluding diaryl/α,β-unsaturated/α-hetero) is 1. The molecule has 2 heterocycles. The molecule has 36 heavy (non-hydrogen) atoms. The maximum absolute atomic E-state index is 13.4. The van der Waals surface area contributed by atoms with Crippen molar-refractivity contribution < 1.29 is 33.6 Å². The number of aliphatic hydroxyl groups excluding tert-OH is 1. The van der Waals surface area contributed by atoms with Crippen LogP contribution < -0.4 is 23.8 Å². The molecule has 0 aromatic heterocycles. The highest BCUT2D eigenvalue weighted by Crippen LogP contribution is 2.44. The lowest BCUT2D eigenvalue weighted by Crippen LogP contribution is -2.29. The maximum atomic E-state index is 13.4. The van der Waals surface area contributed by atoms with Gasteiger partial charge in [0.25, 0.3) is 11.7 Å². The average molecular weight is 488 g/mol. The summed E-state index contributed by atoms with van der Waals surface area (Å²) in [7, 11) is 0. The van der Waals surface area contributed by atoms with Gasteiger partial charge in [0.1, 0.15) is 17.3 Å². The molecule has 0 aliphatic carbocycles. The Morgan fingerprint density at radius 2 is 1.64 bits per heavy atom. The van der Waals surface area contributed by atoms with E-state index in [0.29, 0.717) is 53.0 Å². The minimum Gasteiger partial charge on any atom is -0.507 e. The standard InChI is InChI=1S/C28H25NO7/c1-3-33-20-11-9-19(10-12-20)29-25(17-6-5-7-21(14-17)34-4-2)24(27(31)28(29)32)26(30)18-8-13-22-23(15-18)36-16-35-22/h5-15,25,30H,3-4,16H2,1-2H3/b26-24-. The molecular weight excluding hydrogens is 462 g/mol. The zero-order valence-corrected chi connectivity index (χ0v) is 19.9. The molecule has 1 atom stereocenters. The Kier molecular flexibility index (Phi) is 6.25. The Morgan fingerprint density at radius 1 is 0.917 bits per heavy atom. The van der Waals surface area contributed by atoms with E-state index in [9.17, 15) is 14.7 Å². The summed E-state index contributed by atoms with van der Waals surface area (Å²) in [5.41, 5.74) is 1.43. The van der Waals surface area contributed by atoms with Crippen molar-refractivity contribution >= 4 is 23.1 Å². The lowest BCUT2D eigenvalue weighted by molar-refractivity contribution is -0.132. The minimum atomic E-state index is -0.881. The third kappa shape index (κ3) is 4.11. The number of benzene rings is 3. The van der Waals surface area contributed by atoms with Gasteiger partial charge in [0.2, 0.25) is 6.79 Å². The molecule has 1 N–H and O–H groups in total. The highest BCUT2D eigenvalue weighted by atomic mass is 16.7. The van der Waals surface area contributed by atoms with Crippen LogP contribution in [-0.2, 0) is 9.59 Å². The highest BCUT2D eigenvalue weighted by Gasteiger charge is 2.47. The van der Waals surface area contributed by atoms with Crippen LogP contribution in [0.15, 0.2) is 72.3 Å². The SMILES string of the molecule is CCOc1ccc(N2C(=O)C(=O)/C(=C(\O)c3ccc4c(c3)OCO4)C2c2cccc(OCC)c2)cc1. The smallest absolute Gasteiger partial charge is 0.300 e. The second-order valence-corrected chi connectivity index (χ2v) is 8.17. The monoisotopic (exact) mass is 487 g/mol. The zero-order chi connectivity index (χ0) is 25.2. The molecule has 1 fully saturated rings. The van der Waals surface area contributed by atoms with Crippen molar-refractivity contribution in [2.75, 3.05) is 24.9 Å². The van der Waals surface area contributed by atoms with Crippen molar-refractivity contribution in [2.45, 2.75) is 19.9 Å². The van der Waals surface area contributed by atoms with Crippen molar-refractivity contribution in [3.8, 4) is 23.0 Å². The van der Waals surface area contributed by atoms with E-state index in [1.165, 1.54) is 4.90 Å². The van der Waals surface area contributed by atoms with Crippen molar-refractivity contribution in [1.82, 2.24) is 0 Å². The molecule has 8 heteroatoms. The first-order valence-electron chi connectivity index (χ1n) is 11.7. The summed E-state index contributed by atoms with van der Waals surface area (Å²) >= 11 is 0. The number of anilines is 1. The Labute approximate surface area is 208 Å². The molecule has 8 nitrogen and oxygen atoms in total. The number of hydrogen-bond acceptors (Lipinski definition) is 7. The third-order valence-corrected chi connectivity index (χ3v) is 6.00. The zero-order valence-electron chi connectivity index (χ0n) is 19.9. The van der Waals surface area contributed by atoms with Gasteiger partial charge in [0.15, 0.2) is 11.5 Å². The number of amides is 1. The maximum Gasteiger partial charge on any atom is 0.300 e. The number of carbonyl (C=O) groups excluding carboxylic acids is 2. The lowest BCUT2D eigenvalue weighted by Gasteiger charge is -2.26. The molecule has 0 radical (unpaired) electrons. The summed E-state index contributed by atoms with van der Waals surface area (Å²) in [6.45, 7) is 4.79. The largest absolute Gasteiger partial charge is 0.507 e. The third-order valence-electron chi connectivity index (χ3n) is 6.00. The van der Waals surface area contributed by atoms with Crippen molar-refractivity contribution in [1.29, 1.82) is 0 Å². The molecule has 0 spiro atoms. The molecule has 3 aromatic rings. The van der Waals surface area contributed by atoms with E-state index in [4.69, 9.17) is 18.9 Å². The lowest BCUT2D eigenvalue weighted by atomic mass is 9.95. The van der Waals surface area contributed by atoms with Crippen LogP contribution in [0.1, 0.15) is 31.0 Å². The number of hydrogen-bond donors (Lipinski definition) is 1. The molecule has 2 aliphatic heterocycles. The summed E-state index contributed by atoms with van der Waals surface area (Å²) in [6, 6.07) is 18.1. The Balaban J connectivity index is 1.66. The van der Waals surface area contributed by atoms with E-state index in [0.717, 1.165) is 0 Å². The van der Waals surface area contributed by atoms with Gasteiger partial charge in [0.05, 0.1) is 24.8 Å². The number of carbonyl (C=O) groups is 2. The molecule has 1 unspecified atom stereocenters. The van der Waals surface area contributed by atoms with Gasteiger partial charge in [-0.15, -0.1) is 0 Å². The van der Waals surface area contributed by atoms with Gasteiger partial charge in [-0.3, -0.25) is 14.5 Å². The van der Waals surface area contributed by atoms with Crippen LogP contribution in [0.5, 0.6) is 23.0 Å². The molecule has 3 aromatic carbocycles. The van der Waals surface area contributed by atoms with Gasteiger partial charge >= 0.3 is 0 Å². The number of ether oxygens (including phenoxy) is 4. The first-order valence-corrected chi connectivity index (χ1v) is 11.7. The number of rotatable bonds is 7. The molecule has 0 saturated carbocycles. The van der Waals surface area contributed by atoms with Crippen LogP contribution in [0.2, 0.25) is 0 Å². The van der Waals surface area contributed by atoms with Crippen molar-refractivity contribution in [2.24, 2.45) is 0 Å². The van der Waals surface area contributed by atoms with E-state index in [-0.39, 0.29) is 18.1 Å². The van der Waals surface area contributed by atoms with E-state index in [1.807, 2.05) is 13.8 Å². The van der Waals surface area contributed by atoms with Gasteiger partial charge in [-0.1, -0.05) is 12.1 Å². The van der Waals surface area contributed by atoms with Crippen LogP contribution in [0.25, 0.3) is 5.76 Å². The summed E-state index contributed by atoms with van der Waals surface area (Å²) in [5, 5.41) is 11.4. The van der Waals surface area contributed by atoms with E-state index >= 15 is 0 Å². The summed E-state index contributed by atoms with van der Waals surface area (Å²) in [4.78, 5) is 28.1. The Morgan fingerprint density at radius 3 is 2.39 bits per heavy atom.